The van der Waals surface area contributed by atoms with E-state index in [2.05, 4.69) is 5.10 Å². The van der Waals surface area contributed by atoms with Crippen LogP contribution in [0.2, 0.25) is 0 Å². The Kier molecular flexibility index (Phi) is 4.45. The second-order valence-electron chi connectivity index (χ2n) is 6.42. The van der Waals surface area contributed by atoms with Crippen molar-refractivity contribution in [1.82, 2.24) is 14.7 Å². The van der Waals surface area contributed by atoms with Crippen LogP contribution in [0.3, 0.4) is 0 Å². The van der Waals surface area contributed by atoms with Crippen molar-refractivity contribution in [2.75, 3.05) is 13.1 Å². The lowest BCUT2D eigenvalue weighted by Gasteiger charge is -2.26. The first-order valence-corrected chi connectivity index (χ1v) is 8.82. The van der Waals surface area contributed by atoms with Crippen LogP contribution in [0.15, 0.2) is 53.1 Å². The number of furan rings is 1. The summed E-state index contributed by atoms with van der Waals surface area (Å²) in [6, 6.07) is 12.1. The average Bonchev–Trinajstić information content (AvgIpc) is 3.36. The van der Waals surface area contributed by atoms with E-state index in [4.69, 9.17) is 4.42 Å². The van der Waals surface area contributed by atoms with Gasteiger partial charge in [0.2, 0.25) is 0 Å². The van der Waals surface area contributed by atoms with Crippen molar-refractivity contribution in [3.8, 4) is 17.1 Å². The first-order valence-electron chi connectivity index (χ1n) is 8.82. The highest BCUT2D eigenvalue weighted by Gasteiger charge is 2.27. The molecular formula is C19H18N4O4. The van der Waals surface area contributed by atoms with Crippen LogP contribution in [-0.2, 0) is 0 Å². The van der Waals surface area contributed by atoms with Crippen LogP contribution in [0.25, 0.3) is 17.1 Å². The van der Waals surface area contributed by atoms with E-state index in [-0.39, 0.29) is 17.6 Å². The Morgan fingerprint density at radius 2 is 1.81 bits per heavy atom. The van der Waals surface area contributed by atoms with Gasteiger partial charge in [0.05, 0.1) is 17.3 Å². The summed E-state index contributed by atoms with van der Waals surface area (Å²) in [5.74, 6) is -0.307. The summed E-state index contributed by atoms with van der Waals surface area (Å²) in [7, 11) is 0. The number of para-hydroxylation sites is 1. The zero-order valence-electron chi connectivity index (χ0n) is 14.6. The number of nitrogens with zero attached hydrogens (tertiary/aromatic N) is 4. The van der Waals surface area contributed by atoms with E-state index in [9.17, 15) is 14.9 Å². The van der Waals surface area contributed by atoms with E-state index < -0.39 is 4.92 Å². The molecule has 0 unspecified atom stereocenters. The van der Waals surface area contributed by atoms with E-state index in [0.717, 1.165) is 24.9 Å². The minimum Gasteiger partial charge on any atom is -0.399 e. The first-order chi connectivity index (χ1) is 13.1. The first kappa shape index (κ1) is 17.0. The minimum atomic E-state index is -0.607. The summed E-state index contributed by atoms with van der Waals surface area (Å²) in [6.45, 7) is 1.40. The number of aromatic nitrogens is 2. The highest BCUT2D eigenvalue weighted by atomic mass is 16.6. The van der Waals surface area contributed by atoms with Gasteiger partial charge in [0.15, 0.2) is 5.76 Å². The molecule has 1 aromatic carbocycles. The van der Waals surface area contributed by atoms with Crippen LogP contribution in [-0.4, -0.2) is 38.6 Å². The van der Waals surface area contributed by atoms with Gasteiger partial charge in [-0.2, -0.15) is 5.10 Å². The molecule has 138 valence electrons. The van der Waals surface area contributed by atoms with Crippen LogP contribution in [0.4, 0.5) is 5.88 Å². The fraction of sp³-hybridized carbons (Fsp3) is 0.263. The largest absolute Gasteiger partial charge is 0.433 e. The Bertz CT molecular complexity index is 971. The molecule has 0 N–H and O–H groups in total. The lowest BCUT2D eigenvalue weighted by atomic mass is 10.1. The van der Waals surface area contributed by atoms with Gasteiger partial charge in [0.1, 0.15) is 10.6 Å². The third-order valence-corrected chi connectivity index (χ3v) is 4.61. The summed E-state index contributed by atoms with van der Waals surface area (Å²) >= 11 is 0. The maximum atomic E-state index is 13.1. The third kappa shape index (κ3) is 3.33. The Hall–Kier alpha value is -3.42. The molecule has 1 fully saturated rings. The van der Waals surface area contributed by atoms with Gasteiger partial charge in [0.25, 0.3) is 5.91 Å². The molecule has 1 aliphatic heterocycles. The van der Waals surface area contributed by atoms with Gasteiger partial charge in [-0.25, -0.2) is 4.68 Å². The fourth-order valence-corrected chi connectivity index (χ4v) is 3.25. The maximum Gasteiger partial charge on any atom is 0.433 e. The molecule has 0 saturated carbocycles. The van der Waals surface area contributed by atoms with Crippen molar-refractivity contribution in [3.05, 3.63) is 64.3 Å². The Balaban J connectivity index is 1.78. The SMILES string of the molecule is O=C(c1cn(-c2ccccc2)nc1-c1ccc([N+](=O)[O-])o1)N1CCCCC1. The zero-order chi connectivity index (χ0) is 18.8. The molecule has 4 rings (SSSR count). The second kappa shape index (κ2) is 7.06. The van der Waals surface area contributed by atoms with Gasteiger partial charge in [-0.05, 0) is 37.5 Å². The number of nitro groups is 1. The van der Waals surface area contributed by atoms with Crippen molar-refractivity contribution in [3.63, 3.8) is 0 Å². The van der Waals surface area contributed by atoms with Crippen LogP contribution in [0.5, 0.6) is 0 Å². The van der Waals surface area contributed by atoms with Gasteiger partial charge in [0, 0.05) is 19.3 Å². The second-order valence-corrected chi connectivity index (χ2v) is 6.42. The summed E-state index contributed by atoms with van der Waals surface area (Å²) < 4.78 is 6.91. The zero-order valence-corrected chi connectivity index (χ0v) is 14.6. The van der Waals surface area contributed by atoms with Crippen LogP contribution < -0.4 is 0 Å². The number of hydrogen-bond acceptors (Lipinski definition) is 5. The quantitative estimate of drug-likeness (QED) is 0.519. The van der Waals surface area contributed by atoms with Gasteiger partial charge >= 0.3 is 5.88 Å². The molecule has 3 heterocycles. The van der Waals surface area contributed by atoms with Gasteiger partial charge in [-0.15, -0.1) is 0 Å². The summed E-state index contributed by atoms with van der Waals surface area (Å²) in [5.41, 5.74) is 1.48. The molecule has 0 atom stereocenters. The fourth-order valence-electron chi connectivity index (χ4n) is 3.25. The summed E-state index contributed by atoms with van der Waals surface area (Å²) in [6.07, 6.45) is 4.72. The molecule has 27 heavy (non-hydrogen) atoms. The van der Waals surface area contributed by atoms with E-state index in [1.54, 1.807) is 15.8 Å². The number of carbonyl (C=O) groups excluding carboxylic acids is 1. The number of hydrogen-bond donors (Lipinski definition) is 0. The smallest absolute Gasteiger partial charge is 0.399 e. The number of piperidine rings is 1. The van der Waals surface area contributed by atoms with Crippen molar-refractivity contribution in [1.29, 1.82) is 0 Å². The summed E-state index contributed by atoms with van der Waals surface area (Å²) in [5, 5.41) is 15.4. The lowest BCUT2D eigenvalue weighted by Crippen LogP contribution is -2.35. The highest BCUT2D eigenvalue weighted by Crippen LogP contribution is 2.30. The molecule has 0 radical (unpaired) electrons. The van der Waals surface area contributed by atoms with E-state index in [1.165, 1.54) is 12.1 Å². The van der Waals surface area contributed by atoms with Gasteiger partial charge in [-0.1, -0.05) is 18.2 Å². The standard InChI is InChI=1S/C19H18N4O4/c24-19(21-11-5-2-6-12-21)15-13-22(14-7-3-1-4-8-14)20-18(15)16-9-10-17(27-16)23(25)26/h1,3-4,7-10,13H,2,5-6,11-12H2. The number of amides is 1. The van der Waals surface area contributed by atoms with Gasteiger partial charge < -0.3 is 9.32 Å². The predicted octanol–water partition coefficient (Wildman–Crippen LogP) is 3.67. The van der Waals surface area contributed by atoms with E-state index in [0.29, 0.717) is 24.3 Å². The molecule has 0 bridgehead atoms. The van der Waals surface area contributed by atoms with Crippen molar-refractivity contribution in [2.45, 2.75) is 19.3 Å². The van der Waals surface area contributed by atoms with Gasteiger partial charge in [-0.3, -0.25) is 14.9 Å². The Morgan fingerprint density at radius 3 is 2.48 bits per heavy atom. The average molecular weight is 366 g/mol. The number of rotatable bonds is 4. The van der Waals surface area contributed by atoms with E-state index in [1.807, 2.05) is 30.3 Å². The van der Waals surface area contributed by atoms with Crippen molar-refractivity contribution in [2.24, 2.45) is 0 Å². The third-order valence-electron chi connectivity index (χ3n) is 4.61. The van der Waals surface area contributed by atoms with Crippen molar-refractivity contribution >= 4 is 11.8 Å². The molecule has 1 amide bonds. The highest BCUT2D eigenvalue weighted by molar-refractivity contribution is 5.99. The monoisotopic (exact) mass is 366 g/mol. The van der Waals surface area contributed by atoms with Crippen LogP contribution in [0.1, 0.15) is 29.6 Å². The Morgan fingerprint density at radius 1 is 1.07 bits per heavy atom. The molecule has 1 saturated heterocycles. The van der Waals surface area contributed by atoms with Crippen molar-refractivity contribution < 1.29 is 14.1 Å². The van der Waals surface area contributed by atoms with E-state index >= 15 is 0 Å². The molecule has 0 spiro atoms. The Labute approximate surface area is 155 Å². The molecule has 8 nitrogen and oxygen atoms in total. The topological polar surface area (TPSA) is 94.4 Å². The van der Waals surface area contributed by atoms with Crippen LogP contribution in [0, 0.1) is 10.1 Å². The molecular weight excluding hydrogens is 348 g/mol. The lowest BCUT2D eigenvalue weighted by molar-refractivity contribution is -0.401. The number of carbonyl (C=O) groups is 1. The molecule has 0 aliphatic carbocycles. The number of likely N-dealkylation sites (tertiary alicyclic amines) is 1. The maximum absolute atomic E-state index is 13.1. The summed E-state index contributed by atoms with van der Waals surface area (Å²) in [4.78, 5) is 25.2. The van der Waals surface area contributed by atoms with Crippen LogP contribution >= 0.6 is 0 Å². The molecule has 1 aliphatic rings. The predicted molar refractivity (Wildman–Crippen MR) is 97.7 cm³/mol. The normalized spacial score (nSPS) is 14.3. The molecule has 3 aromatic rings. The molecule has 8 heteroatoms. The number of benzene rings is 1. The minimum absolute atomic E-state index is 0.133. The molecule has 2 aromatic heterocycles.